The lowest BCUT2D eigenvalue weighted by Crippen LogP contribution is -2.13. The van der Waals surface area contributed by atoms with Crippen molar-refractivity contribution in [2.45, 2.75) is 18.9 Å². The van der Waals surface area contributed by atoms with E-state index in [1.54, 1.807) is 35.4 Å². The summed E-state index contributed by atoms with van der Waals surface area (Å²) in [6.45, 7) is 0. The van der Waals surface area contributed by atoms with Gasteiger partial charge in [-0.05, 0) is 11.6 Å². The Hall–Kier alpha value is -1.26. The van der Waals surface area contributed by atoms with Crippen molar-refractivity contribution in [3.8, 4) is 0 Å². The summed E-state index contributed by atoms with van der Waals surface area (Å²) in [4.78, 5) is 9.11. The van der Waals surface area contributed by atoms with Gasteiger partial charge in [-0.15, -0.1) is 11.3 Å². The normalized spacial score (nSPS) is 12.6. The second-order valence-electron chi connectivity index (χ2n) is 3.39. The van der Waals surface area contributed by atoms with E-state index >= 15 is 0 Å². The molecule has 3 nitrogen and oxygen atoms in total. The van der Waals surface area contributed by atoms with Crippen molar-refractivity contribution < 1.29 is 5.11 Å². The highest BCUT2D eigenvalue weighted by molar-refractivity contribution is 7.09. The van der Waals surface area contributed by atoms with Gasteiger partial charge in [-0.2, -0.15) is 0 Å². The van der Waals surface area contributed by atoms with E-state index in [4.69, 9.17) is 0 Å². The standard InChI is InChI=1S/C11H12N2OS/c14-10(5-11-7-13-8-15-11)4-9-2-1-3-12-6-9/h1-3,6-8,10,14H,4-5H2. The van der Waals surface area contributed by atoms with Crippen LogP contribution in [0.1, 0.15) is 10.4 Å². The molecule has 0 aliphatic carbocycles. The highest BCUT2D eigenvalue weighted by atomic mass is 32.1. The van der Waals surface area contributed by atoms with E-state index in [0.717, 1.165) is 10.4 Å². The van der Waals surface area contributed by atoms with Crippen LogP contribution in [0.4, 0.5) is 0 Å². The molecule has 0 fully saturated rings. The number of hydrogen-bond donors (Lipinski definition) is 1. The molecule has 0 aromatic carbocycles. The van der Waals surface area contributed by atoms with Crippen LogP contribution < -0.4 is 0 Å². The largest absolute Gasteiger partial charge is 0.392 e. The lowest BCUT2D eigenvalue weighted by Gasteiger charge is -2.08. The Bertz CT molecular complexity index is 388. The van der Waals surface area contributed by atoms with Gasteiger partial charge < -0.3 is 5.11 Å². The van der Waals surface area contributed by atoms with Crippen LogP contribution in [0, 0.1) is 0 Å². The minimum atomic E-state index is -0.352. The minimum Gasteiger partial charge on any atom is -0.392 e. The Labute approximate surface area is 92.5 Å². The van der Waals surface area contributed by atoms with Crippen LogP contribution in [0.15, 0.2) is 36.2 Å². The maximum Gasteiger partial charge on any atom is 0.0794 e. The molecule has 15 heavy (non-hydrogen) atoms. The van der Waals surface area contributed by atoms with Gasteiger partial charge in [0.1, 0.15) is 0 Å². The van der Waals surface area contributed by atoms with Crippen LogP contribution >= 0.6 is 11.3 Å². The molecule has 0 aliphatic heterocycles. The van der Waals surface area contributed by atoms with E-state index < -0.39 is 0 Å². The molecule has 78 valence electrons. The first-order valence-electron chi connectivity index (χ1n) is 4.79. The lowest BCUT2D eigenvalue weighted by molar-refractivity contribution is 0.176. The van der Waals surface area contributed by atoms with Crippen molar-refractivity contribution in [3.05, 3.63) is 46.7 Å². The van der Waals surface area contributed by atoms with Crippen LogP contribution in [-0.2, 0) is 12.8 Å². The van der Waals surface area contributed by atoms with Crippen molar-refractivity contribution in [2.75, 3.05) is 0 Å². The summed E-state index contributed by atoms with van der Waals surface area (Å²) in [5.74, 6) is 0. The number of aromatic nitrogens is 2. The molecule has 0 saturated heterocycles. The summed E-state index contributed by atoms with van der Waals surface area (Å²) in [5, 5.41) is 9.83. The first-order valence-corrected chi connectivity index (χ1v) is 5.67. The van der Waals surface area contributed by atoms with Crippen LogP contribution in [0.2, 0.25) is 0 Å². The molecule has 0 bridgehead atoms. The zero-order chi connectivity index (χ0) is 10.5. The first kappa shape index (κ1) is 10.3. The van der Waals surface area contributed by atoms with E-state index in [9.17, 15) is 5.11 Å². The lowest BCUT2D eigenvalue weighted by atomic mass is 10.1. The van der Waals surface area contributed by atoms with E-state index in [1.807, 2.05) is 12.1 Å². The van der Waals surface area contributed by atoms with Gasteiger partial charge in [-0.1, -0.05) is 6.07 Å². The third-order valence-electron chi connectivity index (χ3n) is 2.11. The van der Waals surface area contributed by atoms with Gasteiger partial charge in [0.05, 0.1) is 11.6 Å². The van der Waals surface area contributed by atoms with Gasteiger partial charge >= 0.3 is 0 Å². The zero-order valence-electron chi connectivity index (χ0n) is 8.21. The first-order chi connectivity index (χ1) is 7.34. The molecular weight excluding hydrogens is 208 g/mol. The van der Waals surface area contributed by atoms with Crippen molar-refractivity contribution in [2.24, 2.45) is 0 Å². The number of pyridine rings is 1. The van der Waals surface area contributed by atoms with Gasteiger partial charge in [0.25, 0.3) is 0 Å². The fourth-order valence-electron chi connectivity index (χ4n) is 1.44. The molecule has 0 amide bonds. The van der Waals surface area contributed by atoms with Gasteiger partial charge in [-0.3, -0.25) is 9.97 Å². The fourth-order valence-corrected chi connectivity index (χ4v) is 2.11. The third kappa shape index (κ3) is 3.11. The summed E-state index contributed by atoms with van der Waals surface area (Å²) in [6.07, 6.45) is 6.28. The number of aliphatic hydroxyl groups is 1. The van der Waals surface area contributed by atoms with Crippen molar-refractivity contribution >= 4 is 11.3 Å². The Balaban J connectivity index is 1.90. The highest BCUT2D eigenvalue weighted by Gasteiger charge is 2.07. The second-order valence-corrected chi connectivity index (χ2v) is 4.36. The highest BCUT2D eigenvalue weighted by Crippen LogP contribution is 2.11. The Morgan fingerprint density at radius 3 is 2.87 bits per heavy atom. The molecular formula is C11H12N2OS. The van der Waals surface area contributed by atoms with E-state index in [0.29, 0.717) is 12.8 Å². The zero-order valence-corrected chi connectivity index (χ0v) is 9.02. The maximum absolute atomic E-state index is 9.83. The topological polar surface area (TPSA) is 46.0 Å². The fraction of sp³-hybridized carbons (Fsp3) is 0.273. The van der Waals surface area contributed by atoms with Crippen LogP contribution in [0.5, 0.6) is 0 Å². The monoisotopic (exact) mass is 220 g/mol. The Morgan fingerprint density at radius 1 is 1.27 bits per heavy atom. The maximum atomic E-state index is 9.83. The van der Waals surface area contributed by atoms with E-state index in [2.05, 4.69) is 9.97 Å². The quantitative estimate of drug-likeness (QED) is 0.852. The summed E-state index contributed by atoms with van der Waals surface area (Å²) >= 11 is 1.58. The number of hydrogen-bond acceptors (Lipinski definition) is 4. The molecule has 0 radical (unpaired) electrons. The minimum absolute atomic E-state index is 0.352. The Morgan fingerprint density at radius 2 is 2.20 bits per heavy atom. The molecule has 0 saturated carbocycles. The van der Waals surface area contributed by atoms with Crippen molar-refractivity contribution in [1.82, 2.24) is 9.97 Å². The number of thiazole rings is 1. The molecule has 0 aliphatic rings. The predicted octanol–water partition coefficient (Wildman–Crippen LogP) is 1.68. The average molecular weight is 220 g/mol. The van der Waals surface area contributed by atoms with E-state index in [-0.39, 0.29) is 6.10 Å². The third-order valence-corrected chi connectivity index (χ3v) is 2.92. The van der Waals surface area contributed by atoms with Crippen LogP contribution in [0.3, 0.4) is 0 Å². The molecule has 2 aromatic rings. The predicted molar refractivity (Wildman–Crippen MR) is 59.8 cm³/mol. The van der Waals surface area contributed by atoms with Crippen molar-refractivity contribution in [3.63, 3.8) is 0 Å². The second kappa shape index (κ2) is 5.00. The number of aliphatic hydroxyl groups excluding tert-OH is 1. The SMILES string of the molecule is OC(Cc1cccnc1)Cc1cncs1. The summed E-state index contributed by atoms with van der Waals surface area (Å²) < 4.78 is 0. The summed E-state index contributed by atoms with van der Waals surface area (Å²) in [5.41, 5.74) is 2.85. The van der Waals surface area contributed by atoms with Gasteiger partial charge in [0.15, 0.2) is 0 Å². The smallest absolute Gasteiger partial charge is 0.0794 e. The molecule has 2 aromatic heterocycles. The summed E-state index contributed by atoms with van der Waals surface area (Å²) in [6, 6.07) is 3.86. The number of nitrogens with zero attached hydrogens (tertiary/aromatic N) is 2. The molecule has 2 rings (SSSR count). The molecule has 4 heteroatoms. The molecule has 0 spiro atoms. The summed E-state index contributed by atoms with van der Waals surface area (Å²) in [7, 11) is 0. The average Bonchev–Trinajstić information content (AvgIpc) is 2.71. The molecule has 2 heterocycles. The van der Waals surface area contributed by atoms with Gasteiger partial charge in [0, 0.05) is 36.3 Å². The molecule has 1 atom stereocenters. The van der Waals surface area contributed by atoms with Gasteiger partial charge in [-0.25, -0.2) is 0 Å². The molecule has 1 unspecified atom stereocenters. The number of rotatable bonds is 4. The van der Waals surface area contributed by atoms with Crippen molar-refractivity contribution in [1.29, 1.82) is 0 Å². The van der Waals surface area contributed by atoms with Crippen LogP contribution in [0.25, 0.3) is 0 Å². The molecule has 1 N–H and O–H groups in total. The Kier molecular flexibility index (Phi) is 3.42. The van der Waals surface area contributed by atoms with Gasteiger partial charge in [0.2, 0.25) is 0 Å². The van der Waals surface area contributed by atoms with E-state index in [1.165, 1.54) is 0 Å². The van der Waals surface area contributed by atoms with Crippen LogP contribution in [-0.4, -0.2) is 21.2 Å².